The van der Waals surface area contributed by atoms with Crippen molar-refractivity contribution in [2.45, 2.75) is 32.2 Å². The van der Waals surface area contributed by atoms with Gasteiger partial charge < -0.3 is 5.11 Å². The smallest absolute Gasteiger partial charge is 0.331 e. The van der Waals surface area contributed by atoms with Crippen LogP contribution in [0, 0.1) is 0 Å². The second kappa shape index (κ2) is 6.74. The Labute approximate surface area is 108 Å². The van der Waals surface area contributed by atoms with Crippen molar-refractivity contribution in [1.29, 1.82) is 0 Å². The molecule has 0 aliphatic carbocycles. The second-order valence-corrected chi connectivity index (χ2v) is 4.13. The molecular formula is C15H19NO2. The highest BCUT2D eigenvalue weighted by Gasteiger charge is 2.34. The largest absolute Gasteiger partial charge is 0.479 e. The molecule has 0 amide bonds. The predicted octanol–water partition coefficient (Wildman–Crippen LogP) is 3.31. The molecule has 1 unspecified atom stereocenters. The first-order chi connectivity index (χ1) is 8.64. The second-order valence-electron chi connectivity index (χ2n) is 4.13. The maximum Gasteiger partial charge on any atom is 0.331 e. The zero-order valence-corrected chi connectivity index (χ0v) is 10.8. The summed E-state index contributed by atoms with van der Waals surface area (Å²) in [7, 11) is 0. The van der Waals surface area contributed by atoms with Gasteiger partial charge in [0.25, 0.3) is 0 Å². The molecule has 3 heteroatoms. The van der Waals surface area contributed by atoms with Crippen molar-refractivity contribution in [2.75, 3.05) is 0 Å². The Bertz CT molecular complexity index is 437. The summed E-state index contributed by atoms with van der Waals surface area (Å²) in [6, 6.07) is 9.54. The Hall–Kier alpha value is -1.90. The van der Waals surface area contributed by atoms with Crippen LogP contribution in [-0.4, -0.2) is 22.8 Å². The molecular weight excluding hydrogens is 226 g/mol. The quantitative estimate of drug-likeness (QED) is 0.617. The Morgan fingerprint density at radius 2 is 2.06 bits per heavy atom. The number of allylic oxidation sites excluding steroid dienone is 1. The fourth-order valence-electron chi connectivity index (χ4n) is 1.63. The third-order valence-electron chi connectivity index (χ3n) is 2.93. The summed E-state index contributed by atoms with van der Waals surface area (Å²) in [5, 5.41) is 9.38. The zero-order valence-electron chi connectivity index (χ0n) is 10.8. The summed E-state index contributed by atoms with van der Waals surface area (Å²) in [6.45, 7) is 3.73. The van der Waals surface area contributed by atoms with Crippen LogP contribution in [0.4, 0.5) is 0 Å². The lowest BCUT2D eigenvalue weighted by molar-refractivity contribution is -0.143. The average Bonchev–Trinajstić information content (AvgIpc) is 2.40. The Morgan fingerprint density at radius 3 is 2.56 bits per heavy atom. The molecule has 1 N–H and O–H groups in total. The van der Waals surface area contributed by atoms with E-state index in [2.05, 4.69) is 4.99 Å². The van der Waals surface area contributed by atoms with Crippen LogP contribution >= 0.6 is 0 Å². The average molecular weight is 245 g/mol. The van der Waals surface area contributed by atoms with Gasteiger partial charge in [-0.05, 0) is 18.9 Å². The summed E-state index contributed by atoms with van der Waals surface area (Å²) in [5.74, 6) is -0.879. The van der Waals surface area contributed by atoms with Gasteiger partial charge in [-0.2, -0.15) is 0 Å². The van der Waals surface area contributed by atoms with Gasteiger partial charge in [-0.25, -0.2) is 4.79 Å². The van der Waals surface area contributed by atoms with E-state index in [1.165, 1.54) is 0 Å². The van der Waals surface area contributed by atoms with E-state index in [1.54, 1.807) is 6.21 Å². The molecule has 0 heterocycles. The van der Waals surface area contributed by atoms with E-state index < -0.39 is 11.5 Å². The number of hydrogen-bond acceptors (Lipinski definition) is 2. The topological polar surface area (TPSA) is 49.7 Å². The van der Waals surface area contributed by atoms with Crippen molar-refractivity contribution in [3.8, 4) is 0 Å². The van der Waals surface area contributed by atoms with Gasteiger partial charge in [0.2, 0.25) is 0 Å². The number of carboxylic acid groups (broad SMARTS) is 1. The third-order valence-corrected chi connectivity index (χ3v) is 2.93. The molecule has 1 atom stereocenters. The molecule has 0 aliphatic rings. The molecule has 0 bridgehead atoms. The maximum atomic E-state index is 11.4. The van der Waals surface area contributed by atoms with Crippen molar-refractivity contribution < 1.29 is 9.90 Å². The van der Waals surface area contributed by atoms with Crippen LogP contribution in [-0.2, 0) is 4.79 Å². The number of aliphatic imine (C=N–C) groups is 1. The molecule has 1 aromatic carbocycles. The normalized spacial score (nSPS) is 15.0. The maximum absolute atomic E-state index is 11.4. The molecule has 0 aromatic heterocycles. The molecule has 3 nitrogen and oxygen atoms in total. The SMILES string of the molecule is CC=CCC(CC)(N=Cc1ccccc1)C(=O)O. The lowest BCUT2D eigenvalue weighted by Crippen LogP contribution is -2.35. The van der Waals surface area contributed by atoms with Gasteiger partial charge in [-0.15, -0.1) is 0 Å². The molecule has 1 rings (SSSR count). The van der Waals surface area contributed by atoms with E-state index >= 15 is 0 Å². The van der Waals surface area contributed by atoms with Gasteiger partial charge in [0.05, 0.1) is 0 Å². The summed E-state index contributed by atoms with van der Waals surface area (Å²) >= 11 is 0. The Morgan fingerprint density at radius 1 is 1.39 bits per heavy atom. The fraction of sp³-hybridized carbons (Fsp3) is 0.333. The van der Waals surface area contributed by atoms with Gasteiger partial charge in [0.15, 0.2) is 5.54 Å². The number of rotatable bonds is 6. The minimum atomic E-state index is -1.05. The standard InChI is InChI=1S/C15H19NO2/c1-3-5-11-15(4-2,14(17)18)16-12-13-9-7-6-8-10-13/h3,5-10,12H,4,11H2,1-2H3,(H,17,18). The number of aliphatic carboxylic acids is 1. The minimum Gasteiger partial charge on any atom is -0.479 e. The zero-order chi connectivity index (χ0) is 13.4. The van der Waals surface area contributed by atoms with E-state index in [1.807, 2.05) is 56.3 Å². The van der Waals surface area contributed by atoms with Crippen LogP contribution in [0.2, 0.25) is 0 Å². The van der Waals surface area contributed by atoms with Crippen molar-refractivity contribution in [2.24, 2.45) is 4.99 Å². The van der Waals surface area contributed by atoms with Crippen molar-refractivity contribution >= 4 is 12.2 Å². The van der Waals surface area contributed by atoms with Crippen LogP contribution in [0.1, 0.15) is 32.3 Å². The van der Waals surface area contributed by atoms with Crippen molar-refractivity contribution in [1.82, 2.24) is 0 Å². The molecule has 0 saturated heterocycles. The third kappa shape index (κ3) is 3.55. The molecule has 0 aliphatic heterocycles. The van der Waals surface area contributed by atoms with Gasteiger partial charge in [-0.1, -0.05) is 49.4 Å². The molecule has 18 heavy (non-hydrogen) atoms. The van der Waals surface area contributed by atoms with Crippen molar-refractivity contribution in [3.05, 3.63) is 48.0 Å². The molecule has 0 spiro atoms. The number of carboxylic acids is 1. The monoisotopic (exact) mass is 245 g/mol. The summed E-state index contributed by atoms with van der Waals surface area (Å²) < 4.78 is 0. The number of nitrogens with zero attached hydrogens (tertiary/aromatic N) is 1. The van der Waals surface area contributed by atoms with E-state index in [4.69, 9.17) is 0 Å². The lowest BCUT2D eigenvalue weighted by Gasteiger charge is -2.21. The first-order valence-corrected chi connectivity index (χ1v) is 6.09. The number of benzene rings is 1. The molecule has 1 aromatic rings. The fourth-order valence-corrected chi connectivity index (χ4v) is 1.63. The molecule has 0 saturated carbocycles. The highest BCUT2D eigenvalue weighted by molar-refractivity contribution is 5.86. The van der Waals surface area contributed by atoms with E-state index in [0.717, 1.165) is 5.56 Å². The molecule has 96 valence electrons. The minimum absolute atomic E-state index is 0.415. The highest BCUT2D eigenvalue weighted by Crippen LogP contribution is 2.22. The van der Waals surface area contributed by atoms with Gasteiger partial charge in [0.1, 0.15) is 0 Å². The lowest BCUT2D eigenvalue weighted by atomic mass is 9.92. The number of hydrogen-bond donors (Lipinski definition) is 1. The first kappa shape index (κ1) is 14.2. The van der Waals surface area contributed by atoms with Crippen LogP contribution in [0.5, 0.6) is 0 Å². The Kier molecular flexibility index (Phi) is 5.31. The summed E-state index contributed by atoms with van der Waals surface area (Å²) in [4.78, 5) is 15.7. The molecule has 0 fully saturated rings. The molecule has 0 radical (unpaired) electrons. The summed E-state index contributed by atoms with van der Waals surface area (Å²) in [6.07, 6.45) is 6.22. The van der Waals surface area contributed by atoms with E-state index in [9.17, 15) is 9.90 Å². The van der Waals surface area contributed by atoms with Gasteiger partial charge >= 0.3 is 5.97 Å². The van der Waals surface area contributed by atoms with Crippen LogP contribution in [0.15, 0.2) is 47.5 Å². The van der Waals surface area contributed by atoms with Crippen LogP contribution in [0.3, 0.4) is 0 Å². The summed E-state index contributed by atoms with van der Waals surface area (Å²) in [5.41, 5.74) is -0.139. The van der Waals surface area contributed by atoms with Gasteiger partial charge in [-0.3, -0.25) is 4.99 Å². The van der Waals surface area contributed by atoms with Crippen LogP contribution < -0.4 is 0 Å². The first-order valence-electron chi connectivity index (χ1n) is 6.09. The predicted molar refractivity (Wildman–Crippen MR) is 74.1 cm³/mol. The van der Waals surface area contributed by atoms with Crippen molar-refractivity contribution in [3.63, 3.8) is 0 Å². The van der Waals surface area contributed by atoms with Gasteiger partial charge in [0, 0.05) is 12.6 Å². The Balaban J connectivity index is 2.97. The van der Waals surface area contributed by atoms with E-state index in [-0.39, 0.29) is 0 Å². The number of carbonyl (C=O) groups is 1. The van der Waals surface area contributed by atoms with Crippen LogP contribution in [0.25, 0.3) is 0 Å². The highest BCUT2D eigenvalue weighted by atomic mass is 16.4. The van der Waals surface area contributed by atoms with E-state index in [0.29, 0.717) is 12.8 Å².